The van der Waals surface area contributed by atoms with Crippen molar-refractivity contribution in [3.05, 3.63) is 89.0 Å². The van der Waals surface area contributed by atoms with Gasteiger partial charge < -0.3 is 14.4 Å². The van der Waals surface area contributed by atoms with E-state index >= 15 is 0 Å². The zero-order chi connectivity index (χ0) is 28.8. The van der Waals surface area contributed by atoms with E-state index in [2.05, 4.69) is 19.9 Å². The number of hydrogen-bond donors (Lipinski definition) is 0. The normalized spacial score (nSPS) is 17.9. The van der Waals surface area contributed by atoms with Crippen molar-refractivity contribution in [1.82, 2.24) is 14.7 Å². The van der Waals surface area contributed by atoms with E-state index in [1.165, 1.54) is 0 Å². The van der Waals surface area contributed by atoms with Gasteiger partial charge in [-0.25, -0.2) is 4.68 Å². The number of amides is 2. The molecule has 1 atom stereocenters. The van der Waals surface area contributed by atoms with Crippen molar-refractivity contribution < 1.29 is 19.1 Å². The van der Waals surface area contributed by atoms with Crippen LogP contribution >= 0.6 is 11.8 Å². The van der Waals surface area contributed by atoms with Crippen LogP contribution in [0.15, 0.2) is 66.7 Å². The number of thioether (sulfide) groups is 1. The minimum atomic E-state index is -0.237. The minimum absolute atomic E-state index is 0.0228. The average Bonchev–Trinajstić information content (AvgIpc) is 3.77. The van der Waals surface area contributed by atoms with E-state index in [9.17, 15) is 9.59 Å². The van der Waals surface area contributed by atoms with Gasteiger partial charge in [0.15, 0.2) is 11.5 Å². The molecule has 0 radical (unpaired) electrons. The summed E-state index contributed by atoms with van der Waals surface area (Å²) in [4.78, 5) is 31.1. The summed E-state index contributed by atoms with van der Waals surface area (Å²) >= 11 is 1.56. The maximum atomic E-state index is 14.0. The van der Waals surface area contributed by atoms with Crippen LogP contribution in [0.2, 0.25) is 0 Å². The van der Waals surface area contributed by atoms with Gasteiger partial charge in [0.05, 0.1) is 22.4 Å². The Morgan fingerprint density at radius 1 is 0.976 bits per heavy atom. The Kier molecular flexibility index (Phi) is 6.90. The monoisotopic (exact) mass is 580 g/mol. The van der Waals surface area contributed by atoms with Gasteiger partial charge in [0.2, 0.25) is 18.6 Å². The summed E-state index contributed by atoms with van der Waals surface area (Å²) in [6, 6.07) is 22.2. The summed E-state index contributed by atoms with van der Waals surface area (Å²) in [6.45, 7) is 5.77. The fourth-order valence-electron chi connectivity index (χ4n) is 6.00. The van der Waals surface area contributed by atoms with Crippen LogP contribution in [0, 0.1) is 13.8 Å². The smallest absolute Gasteiger partial charge is 0.242 e. The first-order valence-electron chi connectivity index (χ1n) is 14.3. The first-order valence-corrected chi connectivity index (χ1v) is 15.4. The summed E-state index contributed by atoms with van der Waals surface area (Å²) in [5, 5.41) is 5.01. The Bertz CT molecular complexity index is 1680. The van der Waals surface area contributed by atoms with Crippen molar-refractivity contribution in [3.8, 4) is 28.4 Å². The average molecular weight is 581 g/mol. The van der Waals surface area contributed by atoms with Crippen molar-refractivity contribution in [2.24, 2.45) is 0 Å². The zero-order valence-corrected chi connectivity index (χ0v) is 24.5. The summed E-state index contributed by atoms with van der Waals surface area (Å²) in [5.41, 5.74) is 6.71. The Morgan fingerprint density at radius 3 is 2.57 bits per heavy atom. The molecule has 9 heteroatoms. The van der Waals surface area contributed by atoms with Crippen LogP contribution in [0.25, 0.3) is 16.9 Å². The first-order chi connectivity index (χ1) is 20.5. The Morgan fingerprint density at radius 2 is 1.76 bits per heavy atom. The number of aromatic nitrogens is 2. The van der Waals surface area contributed by atoms with Gasteiger partial charge in [0, 0.05) is 24.2 Å². The lowest BCUT2D eigenvalue weighted by atomic mass is 9.99. The number of anilines is 1. The molecule has 3 aliphatic rings. The van der Waals surface area contributed by atoms with Crippen LogP contribution in [0.1, 0.15) is 40.3 Å². The van der Waals surface area contributed by atoms with Crippen molar-refractivity contribution in [2.45, 2.75) is 31.9 Å². The van der Waals surface area contributed by atoms with E-state index in [1.807, 2.05) is 70.2 Å². The maximum absolute atomic E-state index is 14.0. The van der Waals surface area contributed by atoms with E-state index in [0.29, 0.717) is 17.3 Å². The molecule has 42 heavy (non-hydrogen) atoms. The van der Waals surface area contributed by atoms with Gasteiger partial charge >= 0.3 is 0 Å². The molecule has 1 unspecified atom stereocenters. The molecule has 1 aromatic heterocycles. The third-order valence-electron chi connectivity index (χ3n) is 8.39. The summed E-state index contributed by atoms with van der Waals surface area (Å²) < 4.78 is 13.2. The second kappa shape index (κ2) is 10.9. The number of carbonyl (C=O) groups is 2. The van der Waals surface area contributed by atoms with Crippen molar-refractivity contribution in [3.63, 3.8) is 0 Å². The number of benzene rings is 3. The van der Waals surface area contributed by atoms with Gasteiger partial charge in [-0.3, -0.25) is 14.5 Å². The minimum Gasteiger partial charge on any atom is -0.454 e. The molecule has 1 fully saturated rings. The predicted octanol–water partition coefficient (Wildman–Crippen LogP) is 5.68. The van der Waals surface area contributed by atoms with E-state index in [0.717, 1.165) is 65.1 Å². The molecule has 3 aromatic carbocycles. The van der Waals surface area contributed by atoms with Gasteiger partial charge in [-0.05, 0) is 61.6 Å². The van der Waals surface area contributed by atoms with Crippen LogP contribution in [0.3, 0.4) is 0 Å². The molecule has 8 nitrogen and oxygen atoms in total. The lowest BCUT2D eigenvalue weighted by molar-refractivity contribution is -0.130. The lowest BCUT2D eigenvalue weighted by Crippen LogP contribution is -2.43. The third-order valence-corrected chi connectivity index (χ3v) is 9.65. The number of fused-ring (bicyclic) bond motifs is 2. The highest BCUT2D eigenvalue weighted by Gasteiger charge is 2.39. The van der Waals surface area contributed by atoms with Gasteiger partial charge in [0.1, 0.15) is 12.4 Å². The molecule has 7 rings (SSSR count). The quantitative estimate of drug-likeness (QED) is 0.303. The summed E-state index contributed by atoms with van der Waals surface area (Å²) in [5.74, 6) is 2.13. The molecule has 0 N–H and O–H groups in total. The lowest BCUT2D eigenvalue weighted by Gasteiger charge is -2.26. The van der Waals surface area contributed by atoms with Crippen LogP contribution < -0.4 is 14.4 Å². The van der Waals surface area contributed by atoms with Crippen molar-refractivity contribution in [2.75, 3.05) is 37.1 Å². The molecule has 4 aromatic rings. The number of nitrogens with zero attached hydrogens (tertiary/aromatic N) is 4. The number of aryl methyl sites for hydroxylation is 1. The van der Waals surface area contributed by atoms with E-state index < -0.39 is 0 Å². The summed E-state index contributed by atoms with van der Waals surface area (Å²) in [6.07, 6.45) is 1.98. The molecule has 4 heterocycles. The molecule has 0 spiro atoms. The second-order valence-electron chi connectivity index (χ2n) is 11.0. The highest BCUT2D eigenvalue weighted by molar-refractivity contribution is 8.00. The van der Waals surface area contributed by atoms with Crippen LogP contribution in [-0.2, 0) is 9.59 Å². The Labute approximate surface area is 249 Å². The number of ether oxygens (including phenoxy) is 2. The van der Waals surface area contributed by atoms with Crippen LogP contribution in [-0.4, -0.2) is 58.7 Å². The molecule has 3 aliphatic heterocycles. The number of hydrogen-bond acceptors (Lipinski definition) is 6. The van der Waals surface area contributed by atoms with E-state index in [1.54, 1.807) is 16.7 Å². The fraction of sp³-hybridized carbons (Fsp3) is 0.303. The first kappa shape index (κ1) is 26.6. The molecule has 0 aliphatic carbocycles. The fourth-order valence-corrected chi connectivity index (χ4v) is 7.19. The van der Waals surface area contributed by atoms with E-state index in [4.69, 9.17) is 14.6 Å². The SMILES string of the molecule is Cc1cccc(-n2nc(-c3ccccc3)c3c2N(CC(=O)N2CCCC2)C(=O)CSC3c2ccc3c(c2)OCO3)c1C. The van der Waals surface area contributed by atoms with Crippen molar-refractivity contribution in [1.29, 1.82) is 0 Å². The molecule has 1 saturated heterocycles. The molecule has 214 valence electrons. The molecular weight excluding hydrogens is 548 g/mol. The Balaban J connectivity index is 1.48. The third kappa shape index (κ3) is 4.61. The van der Waals surface area contributed by atoms with Gasteiger partial charge in [-0.1, -0.05) is 48.5 Å². The second-order valence-corrected chi connectivity index (χ2v) is 12.0. The van der Waals surface area contributed by atoms with Crippen LogP contribution in [0.4, 0.5) is 5.82 Å². The standard InChI is InChI=1S/C33H32N4O4S/c1-21-9-8-12-25(22(21)2)37-33-30(31(34-37)23-10-4-3-5-11-23)32(24-13-14-26-27(17-24)41-20-40-26)42-19-29(39)36(33)18-28(38)35-15-6-7-16-35/h3-5,8-14,17,32H,6-7,15-16,18-20H2,1-2H3. The van der Waals surface area contributed by atoms with Crippen LogP contribution in [0.5, 0.6) is 11.5 Å². The van der Waals surface area contributed by atoms with Gasteiger partial charge in [0.25, 0.3) is 0 Å². The highest BCUT2D eigenvalue weighted by atomic mass is 32.2. The summed E-state index contributed by atoms with van der Waals surface area (Å²) in [7, 11) is 0. The number of carbonyl (C=O) groups excluding carboxylic acids is 2. The van der Waals surface area contributed by atoms with Crippen molar-refractivity contribution >= 4 is 29.4 Å². The molecule has 0 saturated carbocycles. The Hall–Kier alpha value is -4.24. The molecule has 2 amide bonds. The topological polar surface area (TPSA) is 76.9 Å². The molecular formula is C33H32N4O4S. The predicted molar refractivity (Wildman–Crippen MR) is 164 cm³/mol. The zero-order valence-electron chi connectivity index (χ0n) is 23.7. The highest BCUT2D eigenvalue weighted by Crippen LogP contribution is 2.50. The molecule has 0 bridgehead atoms. The van der Waals surface area contributed by atoms with E-state index in [-0.39, 0.29) is 36.2 Å². The largest absolute Gasteiger partial charge is 0.454 e. The van der Waals surface area contributed by atoms with Gasteiger partial charge in [-0.15, -0.1) is 11.8 Å². The number of rotatable bonds is 5. The number of likely N-dealkylation sites (tertiary alicyclic amines) is 1. The maximum Gasteiger partial charge on any atom is 0.242 e. The van der Waals surface area contributed by atoms with Gasteiger partial charge in [-0.2, -0.15) is 5.10 Å².